The maximum Gasteiger partial charge on any atom is 0.250 e. The number of hydrogen-bond donors (Lipinski definition) is 1. The molecule has 5 heteroatoms. The molecule has 0 aromatic heterocycles. The molecule has 0 radical (unpaired) electrons. The average Bonchev–Trinajstić information content (AvgIpc) is 2.64. The molecule has 1 aliphatic rings. The van der Waals surface area contributed by atoms with Gasteiger partial charge in [-0.1, -0.05) is 36.4 Å². The molecular weight excluding hydrogens is 246 g/mol. The summed E-state index contributed by atoms with van der Waals surface area (Å²) in [6, 6.07) is 8.82. The predicted molar refractivity (Wildman–Crippen MR) is 68.6 cm³/mol. The fraction of sp³-hybridized carbons (Fsp3) is 0.214. The number of carbonyl (C=O) groups is 1. The third kappa shape index (κ3) is 1.30. The highest BCUT2D eigenvalue weighted by molar-refractivity contribution is 6.19. The highest BCUT2D eigenvalue weighted by atomic mass is 16.6. The van der Waals surface area contributed by atoms with Crippen LogP contribution >= 0.6 is 0 Å². The van der Waals surface area contributed by atoms with E-state index in [0.29, 0.717) is 16.5 Å². The van der Waals surface area contributed by atoms with Crippen LogP contribution in [0.4, 0.5) is 0 Å². The maximum absolute atomic E-state index is 12.4. The van der Waals surface area contributed by atoms with Crippen molar-refractivity contribution in [3.8, 4) is 0 Å². The fourth-order valence-corrected chi connectivity index (χ4v) is 2.74. The van der Waals surface area contributed by atoms with Gasteiger partial charge in [0.2, 0.25) is 17.4 Å². The molecule has 96 valence electrons. The first-order valence-corrected chi connectivity index (χ1v) is 5.91. The first-order chi connectivity index (χ1) is 8.98. The van der Waals surface area contributed by atoms with E-state index >= 15 is 0 Å². The summed E-state index contributed by atoms with van der Waals surface area (Å²) < 4.78 is 0. The number of Topliss-reactive ketones (excluding diaryl/α,β-unsaturated/α-hetero) is 1. The standard InChI is InChI=1S/C14H11NO4/c1-8(15(18)19)14(17)11-7-3-5-9-4-2-6-10(12(9)11)13(14)16/h2-8,17H,1H3/t8-,14-/m1/s1. The molecular formula is C14H11NO4. The van der Waals surface area contributed by atoms with Crippen molar-refractivity contribution in [1.29, 1.82) is 0 Å². The number of nitro groups is 1. The van der Waals surface area contributed by atoms with Gasteiger partial charge in [0.25, 0.3) is 0 Å². The first kappa shape index (κ1) is 11.8. The van der Waals surface area contributed by atoms with E-state index in [4.69, 9.17) is 0 Å². The molecule has 1 N–H and O–H groups in total. The predicted octanol–water partition coefficient (Wildman–Crippen LogP) is 1.89. The summed E-state index contributed by atoms with van der Waals surface area (Å²) in [7, 11) is 0. The summed E-state index contributed by atoms with van der Waals surface area (Å²) in [5.74, 6) is -0.594. The largest absolute Gasteiger partial charge is 0.371 e. The topological polar surface area (TPSA) is 80.4 Å². The van der Waals surface area contributed by atoms with E-state index < -0.39 is 22.3 Å². The molecule has 0 fully saturated rings. The number of carbonyl (C=O) groups excluding carboxylic acids is 1. The zero-order valence-electron chi connectivity index (χ0n) is 10.2. The Morgan fingerprint density at radius 3 is 2.53 bits per heavy atom. The Kier molecular flexibility index (Phi) is 2.24. The lowest BCUT2D eigenvalue weighted by Gasteiger charge is -2.23. The number of ketones is 1. The van der Waals surface area contributed by atoms with Gasteiger partial charge in [-0.3, -0.25) is 14.9 Å². The van der Waals surface area contributed by atoms with Crippen molar-refractivity contribution in [3.63, 3.8) is 0 Å². The summed E-state index contributed by atoms with van der Waals surface area (Å²) in [5.41, 5.74) is -1.40. The minimum atomic E-state index is -2.08. The van der Waals surface area contributed by atoms with Gasteiger partial charge in [0.05, 0.1) is 0 Å². The number of benzene rings is 2. The SMILES string of the molecule is C[C@@H]([N+](=O)[O-])[C@]1(O)C(=O)c2cccc3cccc1c23. The second-order valence-electron chi connectivity index (χ2n) is 4.77. The van der Waals surface area contributed by atoms with Gasteiger partial charge in [-0.05, 0) is 10.8 Å². The van der Waals surface area contributed by atoms with Crippen LogP contribution in [-0.2, 0) is 5.60 Å². The van der Waals surface area contributed by atoms with Crippen LogP contribution in [0.1, 0.15) is 22.8 Å². The Morgan fingerprint density at radius 2 is 1.89 bits per heavy atom. The van der Waals surface area contributed by atoms with Gasteiger partial charge in [-0.25, -0.2) is 0 Å². The number of hydrogen-bond acceptors (Lipinski definition) is 4. The molecule has 0 aliphatic heterocycles. The van der Waals surface area contributed by atoms with Gasteiger partial charge < -0.3 is 5.11 Å². The molecule has 5 nitrogen and oxygen atoms in total. The molecule has 3 rings (SSSR count). The second kappa shape index (κ2) is 3.61. The smallest absolute Gasteiger partial charge is 0.250 e. The molecule has 2 atom stereocenters. The monoisotopic (exact) mass is 257 g/mol. The van der Waals surface area contributed by atoms with Crippen molar-refractivity contribution in [2.45, 2.75) is 18.6 Å². The van der Waals surface area contributed by atoms with E-state index in [2.05, 4.69) is 0 Å². The van der Waals surface area contributed by atoms with Crippen LogP contribution in [0.25, 0.3) is 10.8 Å². The Hall–Kier alpha value is -2.27. The molecule has 2 aromatic rings. The van der Waals surface area contributed by atoms with Crippen LogP contribution in [-0.4, -0.2) is 21.9 Å². The van der Waals surface area contributed by atoms with Gasteiger partial charge in [-0.2, -0.15) is 0 Å². The normalized spacial score (nSPS) is 22.7. The van der Waals surface area contributed by atoms with Crippen LogP contribution < -0.4 is 0 Å². The van der Waals surface area contributed by atoms with Gasteiger partial charge in [0.1, 0.15) is 0 Å². The van der Waals surface area contributed by atoms with Crippen molar-refractivity contribution in [2.24, 2.45) is 0 Å². The third-order valence-electron chi connectivity index (χ3n) is 3.83. The van der Waals surface area contributed by atoms with Crippen LogP contribution in [0.2, 0.25) is 0 Å². The van der Waals surface area contributed by atoms with Gasteiger partial charge >= 0.3 is 0 Å². The van der Waals surface area contributed by atoms with Crippen LogP contribution in [0.3, 0.4) is 0 Å². The lowest BCUT2D eigenvalue weighted by Crippen LogP contribution is -2.46. The van der Waals surface area contributed by atoms with Crippen LogP contribution in [0.5, 0.6) is 0 Å². The summed E-state index contributed by atoms with van der Waals surface area (Å²) in [6.45, 7) is 1.25. The van der Waals surface area contributed by atoms with E-state index in [1.54, 1.807) is 24.3 Å². The van der Waals surface area contributed by atoms with Crippen molar-refractivity contribution >= 4 is 16.6 Å². The average molecular weight is 257 g/mol. The summed E-state index contributed by atoms with van der Waals surface area (Å²) in [6.07, 6.45) is 0. The van der Waals surface area contributed by atoms with Crippen molar-refractivity contribution in [3.05, 3.63) is 57.6 Å². The molecule has 1 aliphatic carbocycles. The maximum atomic E-state index is 12.4. The second-order valence-corrected chi connectivity index (χ2v) is 4.77. The molecule has 0 amide bonds. The van der Waals surface area contributed by atoms with Gasteiger partial charge in [-0.15, -0.1) is 0 Å². The van der Waals surface area contributed by atoms with Gasteiger partial charge in [0, 0.05) is 23.0 Å². The molecule has 2 aromatic carbocycles. The Bertz CT molecular complexity index is 719. The van der Waals surface area contributed by atoms with E-state index in [0.717, 1.165) is 5.39 Å². The minimum absolute atomic E-state index is 0.329. The van der Waals surface area contributed by atoms with Crippen LogP contribution in [0.15, 0.2) is 36.4 Å². The molecule has 0 unspecified atom stereocenters. The minimum Gasteiger partial charge on any atom is -0.371 e. The molecule has 0 saturated carbocycles. The highest BCUT2D eigenvalue weighted by Crippen LogP contribution is 2.43. The summed E-state index contributed by atoms with van der Waals surface area (Å²) >= 11 is 0. The fourth-order valence-electron chi connectivity index (χ4n) is 2.74. The van der Waals surface area contributed by atoms with E-state index in [-0.39, 0.29) is 0 Å². The molecule has 0 heterocycles. The Labute approximate surface area is 108 Å². The van der Waals surface area contributed by atoms with Crippen LogP contribution in [0, 0.1) is 10.1 Å². The quantitative estimate of drug-likeness (QED) is 0.658. The summed E-state index contributed by atoms with van der Waals surface area (Å²) in [4.78, 5) is 22.8. The van der Waals surface area contributed by atoms with Crippen molar-refractivity contribution in [2.75, 3.05) is 0 Å². The lowest BCUT2D eigenvalue weighted by atomic mass is 9.87. The highest BCUT2D eigenvalue weighted by Gasteiger charge is 2.55. The molecule has 19 heavy (non-hydrogen) atoms. The first-order valence-electron chi connectivity index (χ1n) is 5.91. The Balaban J connectivity index is 2.38. The Morgan fingerprint density at radius 1 is 1.26 bits per heavy atom. The van der Waals surface area contributed by atoms with Crippen molar-refractivity contribution in [1.82, 2.24) is 0 Å². The number of aliphatic hydroxyl groups is 1. The molecule has 0 saturated heterocycles. The third-order valence-corrected chi connectivity index (χ3v) is 3.83. The van der Waals surface area contributed by atoms with Gasteiger partial charge in [0.15, 0.2) is 0 Å². The number of nitrogens with zero attached hydrogens (tertiary/aromatic N) is 1. The lowest BCUT2D eigenvalue weighted by molar-refractivity contribution is -0.537. The van der Waals surface area contributed by atoms with E-state index in [9.17, 15) is 20.0 Å². The van der Waals surface area contributed by atoms with E-state index in [1.165, 1.54) is 6.92 Å². The van der Waals surface area contributed by atoms with E-state index in [1.807, 2.05) is 12.1 Å². The zero-order valence-corrected chi connectivity index (χ0v) is 10.2. The molecule has 0 bridgehead atoms. The summed E-state index contributed by atoms with van der Waals surface area (Å²) in [5, 5.41) is 23.1. The van der Waals surface area contributed by atoms with Crippen molar-refractivity contribution < 1.29 is 14.8 Å². The molecule has 0 spiro atoms. The zero-order chi connectivity index (χ0) is 13.8. The number of rotatable bonds is 2.